The van der Waals surface area contributed by atoms with Gasteiger partial charge in [0, 0.05) is 18.1 Å². The van der Waals surface area contributed by atoms with Crippen molar-refractivity contribution in [3.63, 3.8) is 0 Å². The first-order chi connectivity index (χ1) is 8.03. The number of sulfonamides is 1. The number of benzene rings is 1. The maximum Gasteiger partial charge on any atom is 0.229 e. The molecule has 0 spiro atoms. The van der Waals surface area contributed by atoms with Crippen LogP contribution < -0.4 is 4.72 Å². The quantitative estimate of drug-likeness (QED) is 0.891. The summed E-state index contributed by atoms with van der Waals surface area (Å²) in [7, 11) is -3.21. The average molecular weight is 251 g/mol. The van der Waals surface area contributed by atoms with Crippen LogP contribution in [0.5, 0.6) is 0 Å². The van der Waals surface area contributed by atoms with Gasteiger partial charge in [0.05, 0.1) is 12.8 Å². The van der Waals surface area contributed by atoms with E-state index in [0.29, 0.717) is 12.2 Å². The minimum atomic E-state index is -3.21. The number of rotatable bonds is 4. The number of anilines is 1. The van der Waals surface area contributed by atoms with Gasteiger partial charge in [-0.1, -0.05) is 12.1 Å². The number of nitrogens with zero attached hydrogens (tertiary/aromatic N) is 2. The molecule has 1 aromatic heterocycles. The lowest BCUT2D eigenvalue weighted by molar-refractivity contribution is 0.607. The number of hydrogen-bond acceptors (Lipinski definition) is 3. The van der Waals surface area contributed by atoms with Gasteiger partial charge in [0.1, 0.15) is 0 Å². The van der Waals surface area contributed by atoms with Gasteiger partial charge in [-0.25, -0.2) is 8.42 Å². The summed E-state index contributed by atoms with van der Waals surface area (Å²) in [6.07, 6.45) is 4.73. The van der Waals surface area contributed by atoms with Crippen molar-refractivity contribution in [3.8, 4) is 0 Å². The van der Waals surface area contributed by atoms with Crippen LogP contribution in [0.3, 0.4) is 0 Å². The van der Waals surface area contributed by atoms with Gasteiger partial charge in [-0.3, -0.25) is 9.40 Å². The van der Waals surface area contributed by atoms with Gasteiger partial charge in [-0.15, -0.1) is 0 Å². The molecule has 0 aliphatic heterocycles. The molecule has 2 rings (SSSR count). The van der Waals surface area contributed by atoms with Crippen molar-refractivity contribution in [2.45, 2.75) is 6.54 Å². The third-order valence-corrected chi connectivity index (χ3v) is 2.77. The summed E-state index contributed by atoms with van der Waals surface area (Å²) in [5.41, 5.74) is 1.63. The third-order valence-electron chi connectivity index (χ3n) is 2.16. The van der Waals surface area contributed by atoms with Gasteiger partial charge in [0.15, 0.2) is 0 Å². The molecule has 0 unspecified atom stereocenters. The maximum absolute atomic E-state index is 11.0. The normalized spacial score (nSPS) is 11.4. The Hall–Kier alpha value is -1.82. The van der Waals surface area contributed by atoms with Crippen LogP contribution in [0, 0.1) is 0 Å². The smallest absolute Gasteiger partial charge is 0.229 e. The lowest BCUT2D eigenvalue weighted by Crippen LogP contribution is -2.09. The summed E-state index contributed by atoms with van der Waals surface area (Å²) in [4.78, 5) is 0. The Morgan fingerprint density at radius 2 is 2.00 bits per heavy atom. The molecule has 2 aromatic rings. The van der Waals surface area contributed by atoms with Crippen LogP contribution in [0.1, 0.15) is 5.56 Å². The van der Waals surface area contributed by atoms with Gasteiger partial charge in [0.2, 0.25) is 10.0 Å². The largest absolute Gasteiger partial charge is 0.284 e. The first-order valence-electron chi connectivity index (χ1n) is 5.07. The average Bonchev–Trinajstić information content (AvgIpc) is 2.71. The monoisotopic (exact) mass is 251 g/mol. The summed E-state index contributed by atoms with van der Waals surface area (Å²) in [5.74, 6) is 0. The molecular weight excluding hydrogens is 238 g/mol. The van der Waals surface area contributed by atoms with Crippen molar-refractivity contribution in [3.05, 3.63) is 48.3 Å². The molecule has 17 heavy (non-hydrogen) atoms. The van der Waals surface area contributed by atoms with Crippen LogP contribution in [0.25, 0.3) is 0 Å². The maximum atomic E-state index is 11.0. The Balaban J connectivity index is 2.08. The van der Waals surface area contributed by atoms with Gasteiger partial charge in [-0.05, 0) is 23.8 Å². The third kappa shape index (κ3) is 3.60. The molecule has 6 heteroatoms. The Kier molecular flexibility index (Phi) is 3.14. The van der Waals surface area contributed by atoms with E-state index >= 15 is 0 Å². The highest BCUT2D eigenvalue weighted by molar-refractivity contribution is 7.92. The molecule has 1 aromatic carbocycles. The molecule has 0 bridgehead atoms. The molecule has 90 valence electrons. The summed E-state index contributed by atoms with van der Waals surface area (Å²) in [6.45, 7) is 0.673. The second kappa shape index (κ2) is 4.58. The first-order valence-corrected chi connectivity index (χ1v) is 6.96. The molecule has 0 atom stereocenters. The number of aromatic nitrogens is 2. The lowest BCUT2D eigenvalue weighted by atomic mass is 10.2. The number of nitrogens with one attached hydrogen (secondary N) is 1. The summed E-state index contributed by atoms with van der Waals surface area (Å²) in [5, 5.41) is 4.10. The van der Waals surface area contributed by atoms with E-state index in [-0.39, 0.29) is 0 Å². The predicted molar refractivity (Wildman–Crippen MR) is 66.2 cm³/mol. The summed E-state index contributed by atoms with van der Waals surface area (Å²) < 4.78 is 26.3. The zero-order valence-corrected chi connectivity index (χ0v) is 10.2. The lowest BCUT2D eigenvalue weighted by Gasteiger charge is -2.05. The highest BCUT2D eigenvalue weighted by Gasteiger charge is 2.01. The Morgan fingerprint density at radius 3 is 2.53 bits per heavy atom. The van der Waals surface area contributed by atoms with E-state index in [2.05, 4.69) is 9.82 Å². The van der Waals surface area contributed by atoms with Crippen LogP contribution in [-0.2, 0) is 16.6 Å². The molecule has 5 nitrogen and oxygen atoms in total. The molecule has 0 saturated heterocycles. The van der Waals surface area contributed by atoms with Gasteiger partial charge in [0.25, 0.3) is 0 Å². The number of hydrogen-bond donors (Lipinski definition) is 1. The standard InChI is InChI=1S/C11H13N3O2S/c1-17(15,16)13-11-5-3-10(4-6-11)9-14-8-2-7-12-14/h2-8,13H,9H2,1H3. The minimum Gasteiger partial charge on any atom is -0.284 e. The van der Waals surface area contributed by atoms with Crippen molar-refractivity contribution < 1.29 is 8.42 Å². The fourth-order valence-corrected chi connectivity index (χ4v) is 2.04. The summed E-state index contributed by atoms with van der Waals surface area (Å²) in [6, 6.07) is 9.07. The van der Waals surface area contributed by atoms with E-state index in [1.165, 1.54) is 0 Å². The fraction of sp³-hybridized carbons (Fsp3) is 0.182. The predicted octanol–water partition coefficient (Wildman–Crippen LogP) is 1.30. The SMILES string of the molecule is CS(=O)(=O)Nc1ccc(Cn2cccn2)cc1. The van der Waals surface area contributed by atoms with Crippen LogP contribution >= 0.6 is 0 Å². The highest BCUT2D eigenvalue weighted by Crippen LogP contribution is 2.11. The fourth-order valence-electron chi connectivity index (χ4n) is 1.47. The van der Waals surface area contributed by atoms with E-state index in [1.807, 2.05) is 24.4 Å². The molecule has 0 amide bonds. The molecule has 1 heterocycles. The van der Waals surface area contributed by atoms with Gasteiger partial charge in [-0.2, -0.15) is 5.10 Å². The van der Waals surface area contributed by atoms with E-state index < -0.39 is 10.0 Å². The van der Waals surface area contributed by atoms with Crippen LogP contribution in [0.2, 0.25) is 0 Å². The van der Waals surface area contributed by atoms with E-state index in [1.54, 1.807) is 23.0 Å². The molecule has 1 N–H and O–H groups in total. The van der Waals surface area contributed by atoms with Crippen molar-refractivity contribution in [1.29, 1.82) is 0 Å². The second-order valence-electron chi connectivity index (χ2n) is 3.77. The summed E-state index contributed by atoms with van der Waals surface area (Å²) >= 11 is 0. The molecule has 0 aliphatic carbocycles. The van der Waals surface area contributed by atoms with Crippen LogP contribution in [0.4, 0.5) is 5.69 Å². The Labute approximate surface area is 100 Å². The first kappa shape index (κ1) is 11.7. The molecule has 0 aliphatic rings. The Morgan fingerprint density at radius 1 is 1.29 bits per heavy atom. The van der Waals surface area contributed by atoms with Crippen molar-refractivity contribution in [2.24, 2.45) is 0 Å². The second-order valence-corrected chi connectivity index (χ2v) is 5.52. The minimum absolute atomic E-state index is 0.566. The Bertz CT molecular complexity index is 574. The van der Waals surface area contributed by atoms with E-state index in [4.69, 9.17) is 0 Å². The van der Waals surface area contributed by atoms with Gasteiger partial charge < -0.3 is 0 Å². The molecule has 0 fully saturated rings. The van der Waals surface area contributed by atoms with Crippen molar-refractivity contribution in [2.75, 3.05) is 11.0 Å². The molecule has 0 radical (unpaired) electrons. The molecule has 0 saturated carbocycles. The van der Waals surface area contributed by atoms with Crippen LogP contribution in [-0.4, -0.2) is 24.5 Å². The zero-order chi connectivity index (χ0) is 12.3. The van der Waals surface area contributed by atoms with Gasteiger partial charge >= 0.3 is 0 Å². The van der Waals surface area contributed by atoms with E-state index in [9.17, 15) is 8.42 Å². The topological polar surface area (TPSA) is 64.0 Å². The van der Waals surface area contributed by atoms with Crippen LogP contribution in [0.15, 0.2) is 42.7 Å². The zero-order valence-electron chi connectivity index (χ0n) is 9.37. The van der Waals surface area contributed by atoms with Crippen molar-refractivity contribution >= 4 is 15.7 Å². The van der Waals surface area contributed by atoms with Crippen molar-refractivity contribution in [1.82, 2.24) is 9.78 Å². The highest BCUT2D eigenvalue weighted by atomic mass is 32.2. The van der Waals surface area contributed by atoms with E-state index in [0.717, 1.165) is 11.8 Å². The molecular formula is C11H13N3O2S.